The summed E-state index contributed by atoms with van der Waals surface area (Å²) in [5.41, 5.74) is 2.06. The monoisotopic (exact) mass is 524 g/mol. The lowest BCUT2D eigenvalue weighted by molar-refractivity contribution is 0.0526. The van der Waals surface area contributed by atoms with Crippen molar-refractivity contribution in [3.63, 3.8) is 0 Å². The third-order valence-electron chi connectivity index (χ3n) is 6.06. The van der Waals surface area contributed by atoms with Crippen molar-refractivity contribution in [1.29, 1.82) is 0 Å². The molecular weight excluding hydrogens is 484 g/mol. The number of alkyl carbamates (subject to hydrolysis) is 1. The first-order valence-corrected chi connectivity index (χ1v) is 13.1. The zero-order chi connectivity index (χ0) is 27.9. The van der Waals surface area contributed by atoms with Gasteiger partial charge in [0.2, 0.25) is 0 Å². The number of nitrogens with zero attached hydrogens (tertiary/aromatic N) is 1. The molecule has 1 saturated carbocycles. The van der Waals surface area contributed by atoms with Crippen LogP contribution < -0.4 is 15.4 Å². The molecule has 0 aliphatic heterocycles. The zero-order valence-corrected chi connectivity index (χ0v) is 23.2. The van der Waals surface area contributed by atoms with Gasteiger partial charge in [0.05, 0.1) is 19.0 Å². The van der Waals surface area contributed by atoms with E-state index in [1.807, 2.05) is 39.8 Å². The number of ether oxygens (including phenoxy) is 2. The average Bonchev–Trinajstić information content (AvgIpc) is 3.53. The molecule has 3 rings (SSSR count). The summed E-state index contributed by atoms with van der Waals surface area (Å²) in [6.45, 7) is 10.2. The molecule has 1 aliphatic carbocycles. The molecule has 2 amide bonds. The molecule has 38 heavy (non-hydrogen) atoms. The first kappa shape index (κ1) is 28.8. The lowest BCUT2D eigenvalue weighted by Crippen LogP contribution is -2.33. The van der Waals surface area contributed by atoms with Gasteiger partial charge in [-0.3, -0.25) is 4.79 Å². The van der Waals surface area contributed by atoms with E-state index in [0.29, 0.717) is 29.4 Å². The Balaban J connectivity index is 1.68. The second-order valence-electron chi connectivity index (χ2n) is 10.6. The van der Waals surface area contributed by atoms with Crippen molar-refractivity contribution in [2.24, 2.45) is 5.92 Å². The first-order valence-electron chi connectivity index (χ1n) is 13.1. The fourth-order valence-corrected chi connectivity index (χ4v) is 3.97. The Kier molecular flexibility index (Phi) is 9.61. The number of allylic oxidation sites excluding steroid dienone is 3. The van der Waals surface area contributed by atoms with E-state index < -0.39 is 11.7 Å². The van der Waals surface area contributed by atoms with Crippen LogP contribution in [0.1, 0.15) is 76.5 Å². The third kappa shape index (κ3) is 8.39. The minimum Gasteiger partial charge on any atom is -0.507 e. The van der Waals surface area contributed by atoms with Crippen molar-refractivity contribution in [2.45, 2.75) is 71.9 Å². The molecular formula is C29H40N4O5. The topological polar surface area (TPSA) is 126 Å². The number of hydrogen-bond donors (Lipinski definition) is 4. The van der Waals surface area contributed by atoms with Crippen LogP contribution in [0, 0.1) is 5.92 Å². The highest BCUT2D eigenvalue weighted by atomic mass is 16.6. The van der Waals surface area contributed by atoms with E-state index in [9.17, 15) is 14.7 Å². The quantitative estimate of drug-likeness (QED) is 0.224. The van der Waals surface area contributed by atoms with E-state index in [4.69, 9.17) is 9.47 Å². The number of hydrogen-bond acceptors (Lipinski definition) is 6. The normalized spacial score (nSPS) is 14.8. The number of imidazole rings is 1. The van der Waals surface area contributed by atoms with Crippen LogP contribution in [0.25, 0.3) is 17.3 Å². The van der Waals surface area contributed by atoms with Gasteiger partial charge in [0.1, 0.15) is 28.5 Å². The fourth-order valence-electron chi connectivity index (χ4n) is 3.97. The van der Waals surface area contributed by atoms with Gasteiger partial charge in [0.15, 0.2) is 0 Å². The van der Waals surface area contributed by atoms with Gasteiger partial charge >= 0.3 is 6.09 Å². The summed E-state index contributed by atoms with van der Waals surface area (Å²) in [7, 11) is 1.47. The lowest BCUT2D eigenvalue weighted by Gasteiger charge is -2.20. The number of aromatic nitrogens is 2. The van der Waals surface area contributed by atoms with Gasteiger partial charge in [-0.05, 0) is 83.1 Å². The number of carbonyl (C=O) groups excluding carboxylic acids is 2. The Bertz CT molecular complexity index is 1190. The highest BCUT2D eigenvalue weighted by Gasteiger charge is 2.27. The molecule has 1 aromatic heterocycles. The van der Waals surface area contributed by atoms with Gasteiger partial charge in [-0.2, -0.15) is 0 Å². The second-order valence-corrected chi connectivity index (χ2v) is 10.6. The molecule has 1 aliphatic rings. The highest BCUT2D eigenvalue weighted by molar-refractivity contribution is 6.00. The largest absolute Gasteiger partial charge is 0.507 e. The van der Waals surface area contributed by atoms with E-state index in [0.717, 1.165) is 31.3 Å². The van der Waals surface area contributed by atoms with E-state index in [2.05, 4.69) is 33.6 Å². The molecule has 0 radical (unpaired) electrons. The predicted octanol–water partition coefficient (Wildman–Crippen LogP) is 5.58. The van der Waals surface area contributed by atoms with Crippen LogP contribution in [-0.2, 0) is 4.74 Å². The van der Waals surface area contributed by atoms with Gasteiger partial charge < -0.3 is 30.2 Å². The fraction of sp³-hybridized carbons (Fsp3) is 0.483. The summed E-state index contributed by atoms with van der Waals surface area (Å²) in [5, 5.41) is 16.3. The van der Waals surface area contributed by atoms with Crippen LogP contribution in [0.3, 0.4) is 0 Å². The summed E-state index contributed by atoms with van der Waals surface area (Å²) in [6.07, 6.45) is 10.9. The minimum atomic E-state index is -0.516. The van der Waals surface area contributed by atoms with E-state index in [-0.39, 0.29) is 29.2 Å². The van der Waals surface area contributed by atoms with Crippen LogP contribution in [0.5, 0.6) is 11.5 Å². The number of H-pyrrole nitrogens is 1. The van der Waals surface area contributed by atoms with Gasteiger partial charge in [-0.1, -0.05) is 19.1 Å². The third-order valence-corrected chi connectivity index (χ3v) is 6.06. The molecule has 206 valence electrons. The SMILES string of the molecule is C/C=C\C(=C/c1ncc(-c2cc(O)c(C(=O)NC3CC3)c(OC)c2)[nH]1)C(C)CCCNC(=O)OC(C)(C)C. The van der Waals surface area contributed by atoms with E-state index in [1.165, 1.54) is 7.11 Å². The second kappa shape index (κ2) is 12.7. The predicted molar refractivity (Wildman–Crippen MR) is 148 cm³/mol. The molecule has 0 bridgehead atoms. The van der Waals surface area contributed by atoms with Crippen LogP contribution in [0.15, 0.2) is 36.1 Å². The average molecular weight is 525 g/mol. The molecule has 4 N–H and O–H groups in total. The molecule has 1 fully saturated rings. The van der Waals surface area contributed by atoms with Crippen LogP contribution in [0.2, 0.25) is 0 Å². The Morgan fingerprint density at radius 3 is 2.66 bits per heavy atom. The van der Waals surface area contributed by atoms with Gasteiger partial charge in [-0.25, -0.2) is 9.78 Å². The number of rotatable bonds is 11. The number of aromatic amines is 1. The minimum absolute atomic E-state index is 0.133. The molecule has 0 spiro atoms. The molecule has 1 heterocycles. The smallest absolute Gasteiger partial charge is 0.407 e. The van der Waals surface area contributed by atoms with Gasteiger partial charge in [-0.15, -0.1) is 0 Å². The molecule has 2 aromatic rings. The van der Waals surface area contributed by atoms with Crippen molar-refractivity contribution in [1.82, 2.24) is 20.6 Å². The number of methoxy groups -OCH3 is 1. The molecule has 1 unspecified atom stereocenters. The van der Waals surface area contributed by atoms with Crippen molar-refractivity contribution in [2.75, 3.05) is 13.7 Å². The summed E-state index contributed by atoms with van der Waals surface area (Å²) in [4.78, 5) is 32.2. The molecule has 1 atom stereocenters. The Morgan fingerprint density at radius 2 is 2.03 bits per heavy atom. The Hall–Kier alpha value is -3.75. The molecule has 9 heteroatoms. The van der Waals surface area contributed by atoms with Crippen molar-refractivity contribution in [3.8, 4) is 22.8 Å². The molecule has 9 nitrogen and oxygen atoms in total. The van der Waals surface area contributed by atoms with Crippen molar-refractivity contribution in [3.05, 3.63) is 47.4 Å². The Morgan fingerprint density at radius 1 is 1.29 bits per heavy atom. The van der Waals surface area contributed by atoms with E-state index >= 15 is 0 Å². The maximum absolute atomic E-state index is 12.6. The summed E-state index contributed by atoms with van der Waals surface area (Å²) < 4.78 is 10.7. The summed E-state index contributed by atoms with van der Waals surface area (Å²) >= 11 is 0. The first-order chi connectivity index (χ1) is 18.0. The summed E-state index contributed by atoms with van der Waals surface area (Å²) in [5.74, 6) is 0.711. The number of benzene rings is 1. The maximum Gasteiger partial charge on any atom is 0.407 e. The van der Waals surface area contributed by atoms with Crippen LogP contribution in [0.4, 0.5) is 4.79 Å². The van der Waals surface area contributed by atoms with Crippen molar-refractivity contribution >= 4 is 18.1 Å². The Labute approximate surface area is 224 Å². The van der Waals surface area contributed by atoms with Crippen LogP contribution in [-0.4, -0.2) is 52.4 Å². The number of amides is 2. The standard InChI is InChI=1S/C29H40N4O5/c1-7-9-19(18(2)10-8-13-30-28(36)38-29(3,4)5)16-25-31-17-22(33-25)20-14-23(34)26(24(15-20)37-6)27(35)32-21-11-12-21/h7,9,14-18,21,34H,8,10-13H2,1-6H3,(H,30,36)(H,31,33)(H,32,35)/b9-7-,19-16+. The molecule has 1 aromatic carbocycles. The zero-order valence-electron chi connectivity index (χ0n) is 23.2. The number of aromatic hydroxyl groups is 1. The lowest BCUT2D eigenvalue weighted by atomic mass is 9.95. The summed E-state index contributed by atoms with van der Waals surface area (Å²) in [6, 6.07) is 3.43. The number of nitrogens with one attached hydrogen (secondary N) is 3. The van der Waals surface area contributed by atoms with Gasteiger partial charge in [0.25, 0.3) is 5.91 Å². The van der Waals surface area contributed by atoms with E-state index in [1.54, 1.807) is 18.3 Å². The number of phenolic OH excluding ortho intramolecular Hbond substituents is 1. The maximum atomic E-state index is 12.6. The highest BCUT2D eigenvalue weighted by Crippen LogP contribution is 2.35. The number of phenols is 1. The molecule has 0 saturated heterocycles. The van der Waals surface area contributed by atoms with Crippen molar-refractivity contribution < 1.29 is 24.2 Å². The number of carbonyl (C=O) groups is 2. The van der Waals surface area contributed by atoms with Crippen LogP contribution >= 0.6 is 0 Å². The van der Waals surface area contributed by atoms with Gasteiger partial charge in [0, 0.05) is 18.2 Å².